The molecule has 0 aromatic rings. The zero-order valence-corrected chi connectivity index (χ0v) is 5.23. The monoisotopic (exact) mass is 164 g/mol. The highest BCUT2D eigenvalue weighted by molar-refractivity contribution is 9.18. The van der Waals surface area contributed by atoms with Gasteiger partial charge in [0.15, 0.2) is 0 Å². The fraction of sp³-hybridized carbons (Fsp3) is 0.250. The SMILES string of the molecule is C=C(CO)C(=O)Br. The molecule has 0 saturated heterocycles. The van der Waals surface area contributed by atoms with Crippen LogP contribution in [0.15, 0.2) is 12.2 Å². The molecular weight excluding hydrogens is 160 g/mol. The molecule has 2 nitrogen and oxygen atoms in total. The summed E-state index contributed by atoms with van der Waals surface area (Å²) in [6.07, 6.45) is 0. The topological polar surface area (TPSA) is 37.3 Å². The first kappa shape index (κ1) is 6.85. The van der Waals surface area contributed by atoms with Crippen LogP contribution in [0.1, 0.15) is 0 Å². The number of aliphatic hydroxyl groups excluding tert-OH is 1. The van der Waals surface area contributed by atoms with E-state index < -0.39 is 0 Å². The van der Waals surface area contributed by atoms with Crippen LogP contribution < -0.4 is 0 Å². The van der Waals surface area contributed by atoms with Gasteiger partial charge in [0.1, 0.15) is 0 Å². The van der Waals surface area contributed by atoms with E-state index >= 15 is 0 Å². The molecule has 7 heavy (non-hydrogen) atoms. The largest absolute Gasteiger partial charge is 0.392 e. The molecule has 0 fully saturated rings. The summed E-state index contributed by atoms with van der Waals surface area (Å²) in [6, 6.07) is 0. The normalized spacial score (nSPS) is 8.29. The molecule has 0 atom stereocenters. The Morgan fingerprint density at radius 3 is 2.29 bits per heavy atom. The highest BCUT2D eigenvalue weighted by Crippen LogP contribution is 1.95. The molecule has 0 bridgehead atoms. The molecule has 0 amide bonds. The molecule has 0 aliphatic rings. The fourth-order valence-corrected chi connectivity index (χ4v) is 0.188. The van der Waals surface area contributed by atoms with Gasteiger partial charge in [0.2, 0.25) is 4.69 Å². The van der Waals surface area contributed by atoms with E-state index in [-0.39, 0.29) is 16.9 Å². The van der Waals surface area contributed by atoms with Crippen molar-refractivity contribution < 1.29 is 9.90 Å². The Hall–Kier alpha value is -0.150. The third kappa shape index (κ3) is 2.53. The quantitative estimate of drug-likeness (QED) is 0.476. The Bertz CT molecular complexity index is 97.9. The predicted molar refractivity (Wildman–Crippen MR) is 30.2 cm³/mol. The maximum absolute atomic E-state index is 10.0. The van der Waals surface area contributed by atoms with Crippen molar-refractivity contribution in [2.75, 3.05) is 6.61 Å². The van der Waals surface area contributed by atoms with Gasteiger partial charge in [-0.1, -0.05) is 6.58 Å². The minimum Gasteiger partial charge on any atom is -0.392 e. The number of carbonyl (C=O) groups is 1. The summed E-state index contributed by atoms with van der Waals surface area (Å²) in [5.41, 5.74) is 0.181. The van der Waals surface area contributed by atoms with Crippen molar-refractivity contribution in [3.05, 3.63) is 12.2 Å². The van der Waals surface area contributed by atoms with Crippen LogP contribution >= 0.6 is 15.9 Å². The minimum absolute atomic E-state index is 0.181. The van der Waals surface area contributed by atoms with Gasteiger partial charge in [-0.25, -0.2) is 0 Å². The molecule has 3 heteroatoms. The van der Waals surface area contributed by atoms with Crippen LogP contribution in [0, 0.1) is 0 Å². The summed E-state index contributed by atoms with van der Waals surface area (Å²) >= 11 is 2.60. The third-order valence-corrected chi connectivity index (χ3v) is 1.03. The van der Waals surface area contributed by atoms with Crippen LogP contribution in [-0.4, -0.2) is 16.4 Å². The van der Waals surface area contributed by atoms with E-state index in [0.717, 1.165) is 0 Å². The molecule has 0 unspecified atom stereocenters. The maximum Gasteiger partial charge on any atom is 0.225 e. The summed E-state index contributed by atoms with van der Waals surface area (Å²) in [5, 5.41) is 8.15. The lowest BCUT2D eigenvalue weighted by molar-refractivity contribution is -0.107. The first-order valence-electron chi connectivity index (χ1n) is 1.67. The van der Waals surface area contributed by atoms with Crippen molar-refractivity contribution in [1.82, 2.24) is 0 Å². The molecule has 0 aliphatic heterocycles. The average molecular weight is 165 g/mol. The van der Waals surface area contributed by atoms with Gasteiger partial charge >= 0.3 is 0 Å². The fourth-order valence-electron chi connectivity index (χ4n) is 0.0622. The molecule has 0 spiro atoms. The van der Waals surface area contributed by atoms with Crippen molar-refractivity contribution in [2.45, 2.75) is 0 Å². The summed E-state index contributed by atoms with van der Waals surface area (Å²) in [7, 11) is 0. The van der Waals surface area contributed by atoms with E-state index in [9.17, 15) is 4.79 Å². The van der Waals surface area contributed by atoms with Crippen LogP contribution in [0.5, 0.6) is 0 Å². The van der Waals surface area contributed by atoms with E-state index in [1.807, 2.05) is 0 Å². The Kier molecular flexibility index (Phi) is 2.87. The van der Waals surface area contributed by atoms with Gasteiger partial charge in [-0.05, 0) is 15.9 Å². The predicted octanol–water partition coefficient (Wildman–Crippen LogP) is 0.456. The first-order valence-corrected chi connectivity index (χ1v) is 2.46. The molecule has 0 aromatic carbocycles. The molecule has 40 valence electrons. The number of hydrogen-bond acceptors (Lipinski definition) is 2. The second-order valence-electron chi connectivity index (χ2n) is 1.04. The molecule has 1 N–H and O–H groups in total. The highest BCUT2D eigenvalue weighted by Gasteiger charge is 1.96. The van der Waals surface area contributed by atoms with E-state index in [4.69, 9.17) is 5.11 Å². The van der Waals surface area contributed by atoms with Crippen LogP contribution in [0.3, 0.4) is 0 Å². The number of hydrogen-bond donors (Lipinski definition) is 1. The van der Waals surface area contributed by atoms with E-state index in [1.165, 1.54) is 0 Å². The summed E-state index contributed by atoms with van der Waals surface area (Å²) < 4.78 is -0.338. The third-order valence-electron chi connectivity index (χ3n) is 0.469. The maximum atomic E-state index is 10.0. The molecule has 0 rings (SSSR count). The summed E-state index contributed by atoms with van der Waals surface area (Å²) in [5.74, 6) is 0. The van der Waals surface area contributed by atoms with Gasteiger partial charge < -0.3 is 5.11 Å². The van der Waals surface area contributed by atoms with Crippen LogP contribution in [0.4, 0.5) is 0 Å². The minimum atomic E-state index is -0.338. The lowest BCUT2D eigenvalue weighted by Gasteiger charge is -1.86. The first-order chi connectivity index (χ1) is 3.18. The van der Waals surface area contributed by atoms with Crippen LogP contribution in [0.2, 0.25) is 0 Å². The van der Waals surface area contributed by atoms with Gasteiger partial charge in [0.05, 0.1) is 6.61 Å². The molecule has 0 aromatic heterocycles. The lowest BCUT2D eigenvalue weighted by atomic mass is 10.4. The van der Waals surface area contributed by atoms with Gasteiger partial charge in [0, 0.05) is 5.57 Å². The molecule has 0 radical (unpaired) electrons. The van der Waals surface area contributed by atoms with Crippen molar-refractivity contribution in [3.8, 4) is 0 Å². The molecule has 0 saturated carbocycles. The van der Waals surface area contributed by atoms with Gasteiger partial charge in [-0.15, -0.1) is 0 Å². The van der Waals surface area contributed by atoms with E-state index in [1.54, 1.807) is 0 Å². The number of aliphatic hydroxyl groups is 1. The van der Waals surface area contributed by atoms with Gasteiger partial charge in [0.25, 0.3) is 0 Å². The highest BCUT2D eigenvalue weighted by atomic mass is 79.9. The molecular formula is C4H5BrO2. The summed E-state index contributed by atoms with van der Waals surface area (Å²) in [6.45, 7) is 2.95. The Morgan fingerprint density at radius 2 is 2.29 bits per heavy atom. The number of carbonyl (C=O) groups excluding carboxylic acids is 1. The Labute approximate surface area is 50.0 Å². The zero-order chi connectivity index (χ0) is 5.86. The van der Waals surface area contributed by atoms with Crippen LogP contribution in [-0.2, 0) is 4.79 Å². The van der Waals surface area contributed by atoms with Gasteiger partial charge in [-0.2, -0.15) is 0 Å². The van der Waals surface area contributed by atoms with Crippen molar-refractivity contribution >= 4 is 20.6 Å². The van der Waals surface area contributed by atoms with Gasteiger partial charge in [-0.3, -0.25) is 4.79 Å². The van der Waals surface area contributed by atoms with Crippen molar-refractivity contribution in [3.63, 3.8) is 0 Å². The number of rotatable bonds is 2. The van der Waals surface area contributed by atoms with Crippen LogP contribution in [0.25, 0.3) is 0 Å². The van der Waals surface area contributed by atoms with Crippen molar-refractivity contribution in [1.29, 1.82) is 0 Å². The Balaban J connectivity index is 3.58. The zero-order valence-electron chi connectivity index (χ0n) is 3.65. The van der Waals surface area contributed by atoms with Crippen molar-refractivity contribution in [2.24, 2.45) is 0 Å². The lowest BCUT2D eigenvalue weighted by Crippen LogP contribution is -1.94. The standard InChI is InChI=1S/C4H5BrO2/c1-3(2-6)4(5)7/h6H,1-2H2. The molecule has 0 heterocycles. The van der Waals surface area contributed by atoms with E-state index in [0.29, 0.717) is 0 Å². The number of halogens is 1. The summed E-state index contributed by atoms with van der Waals surface area (Å²) in [4.78, 5) is 10.0. The average Bonchev–Trinajstić information content (AvgIpc) is 1.65. The smallest absolute Gasteiger partial charge is 0.225 e. The van der Waals surface area contributed by atoms with E-state index in [2.05, 4.69) is 22.5 Å². The second-order valence-corrected chi connectivity index (χ2v) is 1.76. The second kappa shape index (κ2) is 2.93. The Morgan fingerprint density at radius 1 is 1.86 bits per heavy atom. The molecule has 0 aliphatic carbocycles.